The van der Waals surface area contributed by atoms with E-state index >= 15 is 0 Å². The Morgan fingerprint density at radius 2 is 1.37 bits per heavy atom. The van der Waals surface area contributed by atoms with Crippen LogP contribution in [-0.2, 0) is 28.8 Å². The normalized spacial score (nSPS) is 13.6. The molecule has 0 aliphatic heterocycles. The Labute approximate surface area is 172 Å². The summed E-state index contributed by atoms with van der Waals surface area (Å²) in [7, 11) is 0. The molecular weight excluding hydrogens is 404 g/mol. The molecular formula is C17H28N4O9. The summed E-state index contributed by atoms with van der Waals surface area (Å²) in [6.07, 6.45) is -1.31. The first kappa shape index (κ1) is 26.8. The predicted molar refractivity (Wildman–Crippen MR) is 101 cm³/mol. The minimum atomic E-state index is -1.58. The van der Waals surface area contributed by atoms with Gasteiger partial charge in [-0.15, -0.1) is 0 Å². The number of carbonyl (C=O) groups is 6. The molecule has 3 unspecified atom stereocenters. The summed E-state index contributed by atoms with van der Waals surface area (Å²) in [5.41, 5.74) is 5.55. The van der Waals surface area contributed by atoms with Gasteiger partial charge in [0, 0.05) is 6.42 Å². The van der Waals surface area contributed by atoms with Crippen LogP contribution in [0.4, 0.5) is 0 Å². The molecule has 0 spiro atoms. The number of hydrogen-bond acceptors (Lipinski definition) is 7. The molecule has 0 fully saturated rings. The Morgan fingerprint density at radius 3 is 1.83 bits per heavy atom. The fourth-order valence-electron chi connectivity index (χ4n) is 2.33. The van der Waals surface area contributed by atoms with Gasteiger partial charge in [0.2, 0.25) is 17.7 Å². The van der Waals surface area contributed by atoms with Crippen LogP contribution in [0, 0.1) is 5.92 Å². The molecule has 0 heterocycles. The van der Waals surface area contributed by atoms with Crippen LogP contribution in [0.15, 0.2) is 0 Å². The average molecular weight is 432 g/mol. The van der Waals surface area contributed by atoms with Gasteiger partial charge in [-0.2, -0.15) is 0 Å². The molecule has 0 aliphatic rings. The number of carboxylic acid groups (broad SMARTS) is 3. The highest BCUT2D eigenvalue weighted by Crippen LogP contribution is 2.07. The minimum Gasteiger partial charge on any atom is -0.481 e. The van der Waals surface area contributed by atoms with E-state index in [1.54, 1.807) is 13.8 Å². The molecule has 30 heavy (non-hydrogen) atoms. The van der Waals surface area contributed by atoms with Crippen LogP contribution in [0.5, 0.6) is 0 Å². The van der Waals surface area contributed by atoms with Crippen LogP contribution < -0.4 is 21.7 Å². The molecule has 0 aromatic rings. The lowest BCUT2D eigenvalue weighted by atomic mass is 10.0. The van der Waals surface area contributed by atoms with Gasteiger partial charge < -0.3 is 37.0 Å². The topological polar surface area (TPSA) is 225 Å². The molecule has 170 valence electrons. The van der Waals surface area contributed by atoms with E-state index in [9.17, 15) is 28.8 Å². The summed E-state index contributed by atoms with van der Waals surface area (Å²) >= 11 is 0. The SMILES string of the molecule is CC(C)CC(NC(=O)C(CC(=O)O)NC(=O)C(N)CCC(=O)O)C(=O)NCC(=O)O. The number of amides is 3. The molecule has 0 saturated carbocycles. The Kier molecular flexibility index (Phi) is 11.7. The van der Waals surface area contributed by atoms with Crippen molar-refractivity contribution in [2.24, 2.45) is 11.7 Å². The van der Waals surface area contributed by atoms with Gasteiger partial charge in [-0.3, -0.25) is 28.8 Å². The van der Waals surface area contributed by atoms with E-state index in [1.807, 2.05) is 0 Å². The summed E-state index contributed by atoms with van der Waals surface area (Å²) in [5, 5.41) is 32.9. The number of nitrogens with two attached hydrogens (primary N) is 1. The van der Waals surface area contributed by atoms with Gasteiger partial charge in [-0.25, -0.2) is 0 Å². The van der Waals surface area contributed by atoms with Crippen LogP contribution in [0.25, 0.3) is 0 Å². The van der Waals surface area contributed by atoms with Crippen LogP contribution in [0.3, 0.4) is 0 Å². The molecule has 13 heteroatoms. The summed E-state index contributed by atoms with van der Waals surface area (Å²) in [4.78, 5) is 69.0. The van der Waals surface area contributed by atoms with Crippen molar-refractivity contribution in [3.63, 3.8) is 0 Å². The first-order valence-corrected chi connectivity index (χ1v) is 9.12. The molecule has 0 saturated heterocycles. The first-order chi connectivity index (χ1) is 13.8. The average Bonchev–Trinajstić information content (AvgIpc) is 2.61. The third-order valence-electron chi connectivity index (χ3n) is 3.77. The summed E-state index contributed by atoms with van der Waals surface area (Å²) in [5.74, 6) is -6.64. The van der Waals surface area contributed by atoms with E-state index < -0.39 is 73.1 Å². The maximum absolute atomic E-state index is 12.5. The lowest BCUT2D eigenvalue weighted by Crippen LogP contribution is -2.56. The van der Waals surface area contributed by atoms with Crippen molar-refractivity contribution < 1.29 is 44.1 Å². The molecule has 0 bridgehead atoms. The van der Waals surface area contributed by atoms with Crippen molar-refractivity contribution in [1.82, 2.24) is 16.0 Å². The summed E-state index contributed by atoms with van der Waals surface area (Å²) in [6, 6.07) is -4.02. The maximum atomic E-state index is 12.5. The highest BCUT2D eigenvalue weighted by atomic mass is 16.4. The van der Waals surface area contributed by atoms with Crippen molar-refractivity contribution in [3.05, 3.63) is 0 Å². The van der Waals surface area contributed by atoms with Gasteiger partial charge >= 0.3 is 17.9 Å². The molecule has 0 aromatic heterocycles. The maximum Gasteiger partial charge on any atom is 0.322 e. The molecule has 0 aromatic carbocycles. The van der Waals surface area contributed by atoms with Crippen molar-refractivity contribution in [2.45, 2.75) is 57.7 Å². The van der Waals surface area contributed by atoms with E-state index in [0.29, 0.717) is 0 Å². The zero-order valence-electron chi connectivity index (χ0n) is 16.7. The molecule has 0 rings (SSSR count). The monoisotopic (exact) mass is 432 g/mol. The largest absolute Gasteiger partial charge is 0.481 e. The number of rotatable bonds is 14. The van der Waals surface area contributed by atoms with Crippen LogP contribution in [-0.4, -0.2) is 75.6 Å². The molecule has 0 aliphatic carbocycles. The standard InChI is InChI=1S/C17H28N4O9/c1-8(2)5-10(16(29)19-7-14(26)27)21-17(30)11(6-13(24)25)20-15(28)9(18)3-4-12(22)23/h8-11H,3-7,18H2,1-2H3,(H,19,29)(H,20,28)(H,21,30)(H,22,23)(H,24,25)(H,26,27). The zero-order chi connectivity index (χ0) is 23.4. The molecule has 3 amide bonds. The number of carbonyl (C=O) groups excluding carboxylic acids is 3. The van der Waals surface area contributed by atoms with Crippen molar-refractivity contribution in [3.8, 4) is 0 Å². The van der Waals surface area contributed by atoms with E-state index in [1.165, 1.54) is 0 Å². The quantitative estimate of drug-likeness (QED) is 0.158. The van der Waals surface area contributed by atoms with Crippen molar-refractivity contribution >= 4 is 35.6 Å². The summed E-state index contributed by atoms with van der Waals surface area (Å²) in [6.45, 7) is 2.83. The number of nitrogens with one attached hydrogen (secondary N) is 3. The Morgan fingerprint density at radius 1 is 0.800 bits per heavy atom. The summed E-state index contributed by atoms with van der Waals surface area (Å²) < 4.78 is 0. The first-order valence-electron chi connectivity index (χ1n) is 9.12. The fraction of sp³-hybridized carbons (Fsp3) is 0.647. The van der Waals surface area contributed by atoms with Gasteiger partial charge in [0.25, 0.3) is 0 Å². The van der Waals surface area contributed by atoms with Gasteiger partial charge in [0.1, 0.15) is 18.6 Å². The van der Waals surface area contributed by atoms with Crippen LogP contribution in [0.2, 0.25) is 0 Å². The zero-order valence-corrected chi connectivity index (χ0v) is 16.7. The van der Waals surface area contributed by atoms with E-state index in [4.69, 9.17) is 21.1 Å². The second kappa shape index (κ2) is 13.1. The third-order valence-corrected chi connectivity index (χ3v) is 3.77. The second-order valence-electron chi connectivity index (χ2n) is 7.00. The van der Waals surface area contributed by atoms with Gasteiger partial charge in [-0.05, 0) is 18.8 Å². The number of hydrogen-bond donors (Lipinski definition) is 7. The smallest absolute Gasteiger partial charge is 0.322 e. The molecule has 0 radical (unpaired) electrons. The van der Waals surface area contributed by atoms with Gasteiger partial charge in [0.15, 0.2) is 0 Å². The highest BCUT2D eigenvalue weighted by molar-refractivity contribution is 5.95. The molecule has 3 atom stereocenters. The lowest BCUT2D eigenvalue weighted by molar-refractivity contribution is -0.141. The van der Waals surface area contributed by atoms with Gasteiger partial charge in [-0.1, -0.05) is 13.8 Å². The second-order valence-corrected chi connectivity index (χ2v) is 7.00. The molecule has 8 N–H and O–H groups in total. The van der Waals surface area contributed by atoms with Crippen molar-refractivity contribution in [1.29, 1.82) is 0 Å². The number of carboxylic acids is 3. The van der Waals surface area contributed by atoms with Crippen LogP contribution >= 0.6 is 0 Å². The Hall–Kier alpha value is -3.22. The lowest BCUT2D eigenvalue weighted by Gasteiger charge is -2.24. The third kappa shape index (κ3) is 11.6. The van der Waals surface area contributed by atoms with E-state index in [0.717, 1.165) is 0 Å². The fourth-order valence-corrected chi connectivity index (χ4v) is 2.33. The van der Waals surface area contributed by atoms with Crippen molar-refractivity contribution in [2.75, 3.05) is 6.54 Å². The Balaban J connectivity index is 5.24. The van der Waals surface area contributed by atoms with E-state index in [2.05, 4.69) is 16.0 Å². The predicted octanol–water partition coefficient (Wildman–Crippen LogP) is -2.13. The van der Waals surface area contributed by atoms with Crippen LogP contribution in [0.1, 0.15) is 39.5 Å². The van der Waals surface area contributed by atoms with Gasteiger partial charge in [0.05, 0.1) is 12.5 Å². The highest BCUT2D eigenvalue weighted by Gasteiger charge is 2.30. The molecule has 13 nitrogen and oxygen atoms in total. The Bertz CT molecular complexity index is 666. The minimum absolute atomic E-state index is 0.0807. The number of aliphatic carboxylic acids is 3. The van der Waals surface area contributed by atoms with E-state index in [-0.39, 0.29) is 18.8 Å².